The highest BCUT2D eigenvalue weighted by Gasteiger charge is 2.09. The van der Waals surface area contributed by atoms with Gasteiger partial charge in [-0.05, 0) is 30.3 Å². The van der Waals surface area contributed by atoms with E-state index in [0.717, 1.165) is 0 Å². The lowest BCUT2D eigenvalue weighted by Gasteiger charge is -2.06. The topological polar surface area (TPSA) is 42.0 Å². The van der Waals surface area contributed by atoms with Crippen LogP contribution in [0.1, 0.15) is 10.4 Å². The van der Waals surface area contributed by atoms with Crippen molar-refractivity contribution in [3.8, 4) is 0 Å². The number of amides is 1. The summed E-state index contributed by atoms with van der Waals surface area (Å²) in [5, 5.41) is 3.65. The van der Waals surface area contributed by atoms with Crippen LogP contribution in [0, 0.1) is 0 Å². The van der Waals surface area contributed by atoms with Crippen LogP contribution in [0.25, 0.3) is 0 Å². The van der Waals surface area contributed by atoms with Gasteiger partial charge >= 0.3 is 0 Å². The number of nitrogens with one attached hydrogen (secondary N) is 1. The normalized spacial score (nSPS) is 10.0. The molecule has 1 aromatic carbocycles. The van der Waals surface area contributed by atoms with Crippen molar-refractivity contribution < 1.29 is 4.79 Å². The molecule has 0 unspecified atom stereocenters. The second-order valence-corrected chi connectivity index (χ2v) is 4.16. The molecular weight excluding hydrogens is 259 g/mol. The van der Waals surface area contributed by atoms with Crippen LogP contribution < -0.4 is 5.32 Å². The van der Waals surface area contributed by atoms with Gasteiger partial charge in [0.15, 0.2) is 0 Å². The van der Waals surface area contributed by atoms with Gasteiger partial charge in [0.25, 0.3) is 5.91 Å². The highest BCUT2D eigenvalue weighted by Crippen LogP contribution is 2.17. The van der Waals surface area contributed by atoms with E-state index in [9.17, 15) is 4.79 Å². The molecule has 0 radical (unpaired) electrons. The molecule has 1 aromatic heterocycles. The van der Waals surface area contributed by atoms with Crippen LogP contribution in [0.3, 0.4) is 0 Å². The monoisotopic (exact) mass is 266 g/mol. The fraction of sp³-hybridized carbons (Fsp3) is 0. The Kier molecular flexibility index (Phi) is 3.61. The lowest BCUT2D eigenvalue weighted by molar-refractivity contribution is 0.102. The summed E-state index contributed by atoms with van der Waals surface area (Å²) in [6.45, 7) is 0. The highest BCUT2D eigenvalue weighted by atomic mass is 35.5. The Labute approximate surface area is 108 Å². The van der Waals surface area contributed by atoms with Crippen molar-refractivity contribution in [1.29, 1.82) is 0 Å². The number of hydrogen-bond donors (Lipinski definition) is 1. The fourth-order valence-corrected chi connectivity index (χ4v) is 1.62. The summed E-state index contributed by atoms with van der Waals surface area (Å²) >= 11 is 11.6. The van der Waals surface area contributed by atoms with Gasteiger partial charge in [-0.15, -0.1) is 0 Å². The van der Waals surface area contributed by atoms with Crippen LogP contribution in [-0.2, 0) is 0 Å². The quantitative estimate of drug-likeness (QED) is 0.902. The number of pyridine rings is 1. The molecule has 17 heavy (non-hydrogen) atoms. The zero-order chi connectivity index (χ0) is 12.3. The van der Waals surface area contributed by atoms with E-state index >= 15 is 0 Å². The van der Waals surface area contributed by atoms with Crippen molar-refractivity contribution in [2.75, 3.05) is 5.32 Å². The number of halogens is 2. The maximum atomic E-state index is 11.9. The van der Waals surface area contributed by atoms with E-state index in [4.69, 9.17) is 23.2 Å². The first kappa shape index (κ1) is 11.9. The second kappa shape index (κ2) is 5.17. The average Bonchev–Trinajstić information content (AvgIpc) is 2.32. The molecule has 0 saturated carbocycles. The van der Waals surface area contributed by atoms with Gasteiger partial charge in [0.1, 0.15) is 0 Å². The third-order valence-corrected chi connectivity index (χ3v) is 2.67. The molecule has 0 saturated heterocycles. The summed E-state index contributed by atoms with van der Waals surface area (Å²) in [7, 11) is 0. The summed E-state index contributed by atoms with van der Waals surface area (Å²) in [6.07, 6.45) is 2.95. The molecule has 5 heteroatoms. The van der Waals surface area contributed by atoms with Gasteiger partial charge in [0.2, 0.25) is 0 Å². The molecule has 1 N–H and O–H groups in total. The van der Waals surface area contributed by atoms with Gasteiger partial charge in [0.05, 0.1) is 10.6 Å². The number of anilines is 1. The lowest BCUT2D eigenvalue weighted by atomic mass is 10.2. The molecule has 1 amide bonds. The van der Waals surface area contributed by atoms with Gasteiger partial charge in [0, 0.05) is 23.1 Å². The summed E-state index contributed by atoms with van der Waals surface area (Å²) in [4.78, 5) is 15.7. The standard InChI is InChI=1S/C12H8Cl2N2O/c13-8-1-3-9(4-2-8)16-12(17)10-5-6-15-7-11(10)14/h1-7H,(H,16,17). The number of benzene rings is 1. The minimum Gasteiger partial charge on any atom is -0.322 e. The molecule has 0 atom stereocenters. The van der Waals surface area contributed by atoms with Crippen molar-refractivity contribution >= 4 is 34.8 Å². The number of aromatic nitrogens is 1. The summed E-state index contributed by atoms with van der Waals surface area (Å²) in [5.41, 5.74) is 1.05. The van der Waals surface area contributed by atoms with Crippen molar-refractivity contribution in [3.63, 3.8) is 0 Å². The largest absolute Gasteiger partial charge is 0.322 e. The van der Waals surface area contributed by atoms with E-state index in [1.54, 1.807) is 30.3 Å². The SMILES string of the molecule is O=C(Nc1ccc(Cl)cc1)c1ccncc1Cl. The summed E-state index contributed by atoms with van der Waals surface area (Å²) < 4.78 is 0. The maximum absolute atomic E-state index is 11.9. The van der Waals surface area contributed by atoms with Crippen LogP contribution in [-0.4, -0.2) is 10.9 Å². The fourth-order valence-electron chi connectivity index (χ4n) is 1.29. The zero-order valence-corrected chi connectivity index (χ0v) is 10.2. The lowest BCUT2D eigenvalue weighted by Crippen LogP contribution is -2.12. The molecule has 3 nitrogen and oxygen atoms in total. The Hall–Kier alpha value is -1.58. The van der Waals surface area contributed by atoms with E-state index in [-0.39, 0.29) is 5.91 Å². The average molecular weight is 267 g/mol. The summed E-state index contributed by atoms with van der Waals surface area (Å²) in [5.74, 6) is -0.278. The van der Waals surface area contributed by atoms with Gasteiger partial charge in [-0.3, -0.25) is 9.78 Å². The Morgan fingerprint density at radius 3 is 2.47 bits per heavy atom. The Bertz CT molecular complexity index is 540. The van der Waals surface area contributed by atoms with E-state index < -0.39 is 0 Å². The molecule has 0 fully saturated rings. The van der Waals surface area contributed by atoms with Crippen LogP contribution in [0.4, 0.5) is 5.69 Å². The minimum absolute atomic E-state index is 0.278. The predicted molar refractivity (Wildman–Crippen MR) is 68.7 cm³/mol. The third kappa shape index (κ3) is 2.96. The van der Waals surface area contributed by atoms with Gasteiger partial charge in [-0.2, -0.15) is 0 Å². The van der Waals surface area contributed by atoms with E-state index in [2.05, 4.69) is 10.3 Å². The zero-order valence-electron chi connectivity index (χ0n) is 8.65. The van der Waals surface area contributed by atoms with Gasteiger partial charge in [-0.1, -0.05) is 23.2 Å². The van der Waals surface area contributed by atoms with Crippen LogP contribution in [0.5, 0.6) is 0 Å². The molecule has 0 spiro atoms. The highest BCUT2D eigenvalue weighted by molar-refractivity contribution is 6.34. The number of carbonyl (C=O) groups is 1. The van der Waals surface area contributed by atoms with Crippen molar-refractivity contribution in [3.05, 3.63) is 58.3 Å². The number of nitrogens with zero attached hydrogens (tertiary/aromatic N) is 1. The molecule has 0 bridgehead atoms. The first-order valence-electron chi connectivity index (χ1n) is 4.83. The Morgan fingerprint density at radius 1 is 1.12 bits per heavy atom. The Morgan fingerprint density at radius 2 is 1.82 bits per heavy atom. The number of hydrogen-bond acceptors (Lipinski definition) is 2. The summed E-state index contributed by atoms with van der Waals surface area (Å²) in [6, 6.07) is 8.40. The van der Waals surface area contributed by atoms with Crippen molar-refractivity contribution in [1.82, 2.24) is 4.98 Å². The molecule has 0 aliphatic heterocycles. The minimum atomic E-state index is -0.278. The van der Waals surface area contributed by atoms with Crippen molar-refractivity contribution in [2.45, 2.75) is 0 Å². The van der Waals surface area contributed by atoms with Crippen LogP contribution in [0.15, 0.2) is 42.7 Å². The molecule has 0 aliphatic carbocycles. The van der Waals surface area contributed by atoms with Crippen molar-refractivity contribution in [2.24, 2.45) is 0 Å². The third-order valence-electron chi connectivity index (χ3n) is 2.12. The predicted octanol–water partition coefficient (Wildman–Crippen LogP) is 3.64. The smallest absolute Gasteiger partial charge is 0.257 e. The van der Waals surface area contributed by atoms with E-state index in [1.807, 2.05) is 0 Å². The molecule has 86 valence electrons. The van der Waals surface area contributed by atoms with Crippen LogP contribution >= 0.6 is 23.2 Å². The second-order valence-electron chi connectivity index (χ2n) is 3.32. The van der Waals surface area contributed by atoms with E-state index in [0.29, 0.717) is 21.3 Å². The molecular formula is C12H8Cl2N2O. The van der Waals surface area contributed by atoms with E-state index in [1.165, 1.54) is 12.4 Å². The Balaban J connectivity index is 2.17. The van der Waals surface area contributed by atoms with Gasteiger partial charge < -0.3 is 5.32 Å². The molecule has 0 aliphatic rings. The molecule has 2 rings (SSSR count). The molecule has 2 aromatic rings. The first-order chi connectivity index (χ1) is 8.16. The van der Waals surface area contributed by atoms with Crippen LogP contribution in [0.2, 0.25) is 10.0 Å². The number of rotatable bonds is 2. The maximum Gasteiger partial charge on any atom is 0.257 e. The first-order valence-corrected chi connectivity index (χ1v) is 5.59. The van der Waals surface area contributed by atoms with Gasteiger partial charge in [-0.25, -0.2) is 0 Å². The molecule has 1 heterocycles. The number of carbonyl (C=O) groups excluding carboxylic acids is 1.